The van der Waals surface area contributed by atoms with E-state index >= 15 is 0 Å². The molecule has 0 aliphatic rings. The van der Waals surface area contributed by atoms with E-state index in [1.165, 1.54) is 10.9 Å². The molecule has 1 amide bonds. The number of fused-ring (bicyclic) bond motifs is 1. The number of nitrogens with zero attached hydrogens (tertiary/aromatic N) is 4. The molecule has 3 N–H and O–H groups in total. The highest BCUT2D eigenvalue weighted by molar-refractivity contribution is 5.77. The number of amides is 1. The Morgan fingerprint density at radius 2 is 2.15 bits per heavy atom. The molecule has 0 aromatic carbocycles. The van der Waals surface area contributed by atoms with Crippen molar-refractivity contribution in [1.82, 2.24) is 24.4 Å². The number of nitrogens with two attached hydrogens (primary N) is 1. The normalized spacial score (nSPS) is 10.9. The Morgan fingerprint density at radius 1 is 1.40 bits per heavy atom. The standard InChI is InChI=1S/C11H16N6O3/c1-2-16-6-14-9-10(16)15-7-17(11(9)19)4-3-13-8(18)5-20-12/h6-7H,2-5,12H2,1H3,(H,13,18). The summed E-state index contributed by atoms with van der Waals surface area (Å²) in [4.78, 5) is 35.8. The number of aryl methyl sites for hydroxylation is 1. The number of carbonyl (C=O) groups is 1. The Labute approximate surface area is 114 Å². The minimum Gasteiger partial charge on any atom is -0.352 e. The second-order valence-electron chi connectivity index (χ2n) is 4.11. The van der Waals surface area contributed by atoms with Crippen LogP contribution < -0.4 is 16.8 Å². The first-order valence-corrected chi connectivity index (χ1v) is 6.16. The Bertz CT molecular complexity index is 662. The van der Waals surface area contributed by atoms with E-state index < -0.39 is 0 Å². The van der Waals surface area contributed by atoms with Crippen LogP contribution in [0.5, 0.6) is 0 Å². The third kappa shape index (κ3) is 2.83. The van der Waals surface area contributed by atoms with Crippen LogP contribution in [0.1, 0.15) is 6.92 Å². The number of hydrogen-bond acceptors (Lipinski definition) is 6. The van der Waals surface area contributed by atoms with E-state index in [-0.39, 0.29) is 24.6 Å². The summed E-state index contributed by atoms with van der Waals surface area (Å²) in [6.45, 7) is 3.01. The number of nitrogens with one attached hydrogen (secondary N) is 1. The van der Waals surface area contributed by atoms with Crippen LogP contribution in [0.25, 0.3) is 11.2 Å². The van der Waals surface area contributed by atoms with E-state index in [1.807, 2.05) is 6.92 Å². The molecule has 0 radical (unpaired) electrons. The lowest BCUT2D eigenvalue weighted by Gasteiger charge is -2.06. The maximum atomic E-state index is 12.1. The van der Waals surface area contributed by atoms with Crippen LogP contribution in [0.2, 0.25) is 0 Å². The fourth-order valence-corrected chi connectivity index (χ4v) is 1.81. The fraction of sp³-hybridized carbons (Fsp3) is 0.455. The van der Waals surface area contributed by atoms with Crippen molar-refractivity contribution in [3.63, 3.8) is 0 Å². The number of carbonyl (C=O) groups excluding carboxylic acids is 1. The van der Waals surface area contributed by atoms with Crippen molar-refractivity contribution >= 4 is 17.1 Å². The van der Waals surface area contributed by atoms with Gasteiger partial charge in [0.2, 0.25) is 5.91 Å². The second-order valence-corrected chi connectivity index (χ2v) is 4.11. The molecule has 2 rings (SSSR count). The number of imidazole rings is 1. The molecule has 0 fully saturated rings. The minimum atomic E-state index is -0.343. The quantitative estimate of drug-likeness (QED) is 0.630. The average Bonchev–Trinajstić information content (AvgIpc) is 2.85. The molecule has 0 bridgehead atoms. The molecular weight excluding hydrogens is 264 g/mol. The lowest BCUT2D eigenvalue weighted by molar-refractivity contribution is -0.125. The molecule has 9 nitrogen and oxygen atoms in total. The van der Waals surface area contributed by atoms with Gasteiger partial charge in [-0.05, 0) is 6.92 Å². The molecule has 20 heavy (non-hydrogen) atoms. The van der Waals surface area contributed by atoms with Gasteiger partial charge >= 0.3 is 0 Å². The van der Waals surface area contributed by atoms with E-state index in [9.17, 15) is 9.59 Å². The molecule has 2 aromatic rings. The Balaban J connectivity index is 2.10. The maximum Gasteiger partial charge on any atom is 0.281 e. The zero-order chi connectivity index (χ0) is 14.5. The average molecular weight is 280 g/mol. The van der Waals surface area contributed by atoms with Crippen molar-refractivity contribution in [2.75, 3.05) is 13.2 Å². The molecule has 0 spiro atoms. The summed E-state index contributed by atoms with van der Waals surface area (Å²) < 4.78 is 3.19. The molecule has 0 unspecified atom stereocenters. The predicted octanol–water partition coefficient (Wildman–Crippen LogP) is -1.38. The van der Waals surface area contributed by atoms with Crippen LogP contribution in [-0.2, 0) is 22.7 Å². The minimum absolute atomic E-state index is 0.215. The molecule has 9 heteroatoms. The molecule has 2 aromatic heterocycles. The predicted molar refractivity (Wildman–Crippen MR) is 70.6 cm³/mol. The Hall–Kier alpha value is -2.26. The third-order valence-corrected chi connectivity index (χ3v) is 2.82. The summed E-state index contributed by atoms with van der Waals surface area (Å²) in [5.74, 6) is 4.43. The highest BCUT2D eigenvalue weighted by atomic mass is 16.6. The van der Waals surface area contributed by atoms with Crippen molar-refractivity contribution < 1.29 is 9.63 Å². The molecule has 0 saturated carbocycles. The van der Waals surface area contributed by atoms with Gasteiger partial charge in [0.05, 0.1) is 6.33 Å². The van der Waals surface area contributed by atoms with Crippen molar-refractivity contribution in [2.45, 2.75) is 20.0 Å². The van der Waals surface area contributed by atoms with Crippen molar-refractivity contribution in [3.05, 3.63) is 23.0 Å². The largest absolute Gasteiger partial charge is 0.352 e. The Morgan fingerprint density at radius 3 is 2.85 bits per heavy atom. The van der Waals surface area contributed by atoms with Gasteiger partial charge in [-0.2, -0.15) is 0 Å². The Kier molecular flexibility index (Phi) is 4.43. The summed E-state index contributed by atoms with van der Waals surface area (Å²) in [6, 6.07) is 0. The summed E-state index contributed by atoms with van der Waals surface area (Å²) in [6.07, 6.45) is 3.04. The number of hydrogen-bond donors (Lipinski definition) is 2. The molecule has 0 atom stereocenters. The van der Waals surface area contributed by atoms with Crippen molar-refractivity contribution in [2.24, 2.45) is 5.90 Å². The van der Waals surface area contributed by atoms with E-state index in [0.29, 0.717) is 24.3 Å². The van der Waals surface area contributed by atoms with Gasteiger partial charge in [-0.3, -0.25) is 19.0 Å². The molecule has 0 saturated heterocycles. The molecule has 108 valence electrons. The monoisotopic (exact) mass is 280 g/mol. The maximum absolute atomic E-state index is 12.1. The highest BCUT2D eigenvalue weighted by Gasteiger charge is 2.09. The smallest absolute Gasteiger partial charge is 0.281 e. The van der Waals surface area contributed by atoms with E-state index in [1.54, 1.807) is 10.9 Å². The SMILES string of the molecule is CCn1cnc2c(=O)n(CCNC(=O)CON)cnc21. The van der Waals surface area contributed by atoms with Crippen LogP contribution in [0.15, 0.2) is 17.4 Å². The summed E-state index contributed by atoms with van der Waals surface area (Å²) in [7, 11) is 0. The summed E-state index contributed by atoms with van der Waals surface area (Å²) >= 11 is 0. The number of rotatable bonds is 6. The molecule has 2 heterocycles. The van der Waals surface area contributed by atoms with E-state index in [0.717, 1.165) is 0 Å². The molecule has 0 aliphatic carbocycles. The van der Waals surface area contributed by atoms with Gasteiger partial charge in [-0.25, -0.2) is 15.9 Å². The van der Waals surface area contributed by atoms with E-state index in [4.69, 9.17) is 5.90 Å². The zero-order valence-corrected chi connectivity index (χ0v) is 11.1. The first-order valence-electron chi connectivity index (χ1n) is 6.16. The second kappa shape index (κ2) is 6.26. The van der Waals surface area contributed by atoms with Crippen LogP contribution in [0.4, 0.5) is 0 Å². The summed E-state index contributed by atoms with van der Waals surface area (Å²) in [5.41, 5.74) is 0.659. The first-order chi connectivity index (χ1) is 9.67. The van der Waals surface area contributed by atoms with Gasteiger partial charge in [0.15, 0.2) is 11.2 Å². The van der Waals surface area contributed by atoms with E-state index in [2.05, 4.69) is 20.1 Å². The molecule has 0 aliphatic heterocycles. The van der Waals surface area contributed by atoms with Gasteiger partial charge in [0.1, 0.15) is 12.9 Å². The van der Waals surface area contributed by atoms with Crippen LogP contribution in [-0.4, -0.2) is 38.2 Å². The van der Waals surface area contributed by atoms with Gasteiger partial charge in [-0.1, -0.05) is 0 Å². The van der Waals surface area contributed by atoms with Gasteiger partial charge in [0.25, 0.3) is 5.56 Å². The van der Waals surface area contributed by atoms with Crippen LogP contribution in [0, 0.1) is 0 Å². The molecular formula is C11H16N6O3. The zero-order valence-electron chi connectivity index (χ0n) is 11.1. The van der Waals surface area contributed by atoms with Gasteiger partial charge in [-0.15, -0.1) is 0 Å². The highest BCUT2D eigenvalue weighted by Crippen LogP contribution is 2.03. The van der Waals surface area contributed by atoms with Crippen molar-refractivity contribution in [3.8, 4) is 0 Å². The van der Waals surface area contributed by atoms with Crippen LogP contribution >= 0.6 is 0 Å². The lowest BCUT2D eigenvalue weighted by Crippen LogP contribution is -2.33. The first kappa shape index (κ1) is 14.2. The topological polar surface area (TPSA) is 117 Å². The van der Waals surface area contributed by atoms with Crippen LogP contribution in [0.3, 0.4) is 0 Å². The van der Waals surface area contributed by atoms with Gasteiger partial charge < -0.3 is 9.88 Å². The lowest BCUT2D eigenvalue weighted by atomic mass is 10.5. The fourth-order valence-electron chi connectivity index (χ4n) is 1.81. The number of aromatic nitrogens is 4. The third-order valence-electron chi connectivity index (χ3n) is 2.82. The van der Waals surface area contributed by atoms with Crippen molar-refractivity contribution in [1.29, 1.82) is 0 Å². The van der Waals surface area contributed by atoms with Gasteiger partial charge in [0, 0.05) is 19.6 Å². The summed E-state index contributed by atoms with van der Waals surface area (Å²) in [5, 5.41) is 2.57.